The number of ether oxygens (including phenoxy) is 1. The number of carbonyl (C=O) groups excluding carboxylic acids is 2. The summed E-state index contributed by atoms with van der Waals surface area (Å²) in [5.74, 6) is 0.328. The van der Waals surface area contributed by atoms with Crippen LogP contribution in [0.25, 0.3) is 0 Å². The molecule has 4 heteroatoms. The number of hydrogen-bond acceptors (Lipinski definition) is 4. The highest BCUT2D eigenvalue weighted by atomic mass is 16.5. The zero-order chi connectivity index (χ0) is 17.7. The van der Waals surface area contributed by atoms with E-state index >= 15 is 0 Å². The molecule has 1 heterocycles. The first-order valence-electron chi connectivity index (χ1n) is 8.68. The molecule has 132 valence electrons. The van der Waals surface area contributed by atoms with Crippen LogP contribution in [0.2, 0.25) is 0 Å². The van der Waals surface area contributed by atoms with Crippen LogP contribution in [-0.4, -0.2) is 30.1 Å². The van der Waals surface area contributed by atoms with Crippen molar-refractivity contribution in [3.05, 3.63) is 34.9 Å². The number of aliphatic hydroxyl groups excluding tert-OH is 1. The van der Waals surface area contributed by atoms with E-state index in [1.165, 1.54) is 0 Å². The van der Waals surface area contributed by atoms with Gasteiger partial charge in [0.15, 0.2) is 5.78 Å². The van der Waals surface area contributed by atoms with E-state index in [0.717, 1.165) is 42.4 Å². The molecule has 0 radical (unpaired) electrons. The van der Waals surface area contributed by atoms with Crippen LogP contribution in [0.15, 0.2) is 34.9 Å². The lowest BCUT2D eigenvalue weighted by atomic mass is 9.66. The number of rotatable bonds is 7. The second kappa shape index (κ2) is 7.93. The highest BCUT2D eigenvalue weighted by Gasteiger charge is 2.35. The van der Waals surface area contributed by atoms with Crippen molar-refractivity contribution in [1.29, 1.82) is 0 Å². The van der Waals surface area contributed by atoms with Crippen LogP contribution in [0.4, 0.5) is 0 Å². The number of hydrogen-bond donors (Lipinski definition) is 1. The average molecular weight is 332 g/mol. The molecule has 2 aliphatic rings. The Labute approximate surface area is 144 Å². The van der Waals surface area contributed by atoms with Gasteiger partial charge in [0.1, 0.15) is 6.61 Å². The maximum atomic E-state index is 11.8. The van der Waals surface area contributed by atoms with Gasteiger partial charge in [-0.2, -0.15) is 0 Å². The summed E-state index contributed by atoms with van der Waals surface area (Å²) in [4.78, 5) is 22.8. The summed E-state index contributed by atoms with van der Waals surface area (Å²) in [6, 6.07) is 0. The zero-order valence-corrected chi connectivity index (χ0v) is 14.9. The molecular formula is C20H28O4. The molecule has 0 saturated carbocycles. The van der Waals surface area contributed by atoms with Crippen molar-refractivity contribution in [2.75, 3.05) is 13.2 Å². The molecule has 1 N–H and O–H groups in total. The second-order valence-corrected chi connectivity index (χ2v) is 7.58. The van der Waals surface area contributed by atoms with Gasteiger partial charge in [0, 0.05) is 12.5 Å². The van der Waals surface area contributed by atoms with Crippen LogP contribution < -0.4 is 0 Å². The Morgan fingerprint density at radius 2 is 2.12 bits per heavy atom. The summed E-state index contributed by atoms with van der Waals surface area (Å²) < 4.78 is 4.88. The minimum Gasteiger partial charge on any atom is -0.458 e. The first-order valence-corrected chi connectivity index (χ1v) is 8.68. The lowest BCUT2D eigenvalue weighted by Crippen LogP contribution is -2.31. The van der Waals surface area contributed by atoms with Crippen LogP contribution in [0.1, 0.15) is 52.9 Å². The van der Waals surface area contributed by atoms with Crippen LogP contribution in [0.5, 0.6) is 0 Å². The van der Waals surface area contributed by atoms with Gasteiger partial charge >= 0.3 is 5.97 Å². The molecule has 0 fully saturated rings. The third-order valence-corrected chi connectivity index (χ3v) is 5.09. The summed E-state index contributed by atoms with van der Waals surface area (Å²) in [6.45, 7) is 6.80. The van der Waals surface area contributed by atoms with Gasteiger partial charge in [-0.05, 0) is 61.2 Å². The Bertz CT molecular complexity index is 593. The van der Waals surface area contributed by atoms with E-state index < -0.39 is 0 Å². The molecule has 0 amide bonds. The Morgan fingerprint density at radius 3 is 2.71 bits per heavy atom. The quantitative estimate of drug-likeness (QED) is 0.572. The van der Waals surface area contributed by atoms with Crippen molar-refractivity contribution in [2.24, 2.45) is 11.3 Å². The number of ketones is 1. The van der Waals surface area contributed by atoms with Crippen LogP contribution in [0.3, 0.4) is 0 Å². The molecule has 0 aromatic carbocycles. The van der Waals surface area contributed by atoms with Gasteiger partial charge < -0.3 is 9.84 Å². The van der Waals surface area contributed by atoms with E-state index in [0.29, 0.717) is 18.9 Å². The third-order valence-electron chi connectivity index (χ3n) is 5.09. The number of esters is 1. The molecule has 1 aliphatic carbocycles. The van der Waals surface area contributed by atoms with E-state index in [1.54, 1.807) is 12.2 Å². The first kappa shape index (κ1) is 18.7. The fraction of sp³-hybridized carbons (Fsp3) is 0.600. The number of cyclic esters (lactones) is 1. The number of allylic oxidation sites excluding steroid dienone is 3. The molecule has 1 atom stereocenters. The summed E-state index contributed by atoms with van der Waals surface area (Å²) in [6.07, 6.45) is 9.37. The molecule has 24 heavy (non-hydrogen) atoms. The van der Waals surface area contributed by atoms with E-state index in [9.17, 15) is 14.7 Å². The average Bonchev–Trinajstić information content (AvgIpc) is 2.89. The van der Waals surface area contributed by atoms with Crippen molar-refractivity contribution in [2.45, 2.75) is 52.9 Å². The highest BCUT2D eigenvalue weighted by Crippen LogP contribution is 2.42. The Hall–Kier alpha value is -1.68. The van der Waals surface area contributed by atoms with E-state index in [2.05, 4.69) is 19.9 Å². The van der Waals surface area contributed by atoms with Crippen LogP contribution in [0, 0.1) is 11.3 Å². The summed E-state index contributed by atoms with van der Waals surface area (Å²) in [5, 5.41) is 9.60. The van der Waals surface area contributed by atoms with Gasteiger partial charge in [-0.25, -0.2) is 4.79 Å². The smallest absolute Gasteiger partial charge is 0.331 e. The molecule has 1 aliphatic heterocycles. The van der Waals surface area contributed by atoms with Crippen LogP contribution >= 0.6 is 0 Å². The minimum absolute atomic E-state index is 0.0250. The van der Waals surface area contributed by atoms with Gasteiger partial charge in [0.2, 0.25) is 0 Å². The molecule has 0 aromatic rings. The lowest BCUT2D eigenvalue weighted by Gasteiger charge is -2.38. The maximum absolute atomic E-state index is 11.8. The van der Waals surface area contributed by atoms with Crippen molar-refractivity contribution in [1.82, 2.24) is 0 Å². The molecule has 0 spiro atoms. The standard InChI is InChI=1S/C20H28O4/c1-14-9-17(22)11-20(2,3)18(14)8-7-15(12-21)5-4-6-16-10-19(23)24-13-16/h5,9-10,18,21H,4,6-8,11-13H2,1-3H3/b15-5-/t18-/m1/s1. The minimum atomic E-state index is -0.257. The largest absolute Gasteiger partial charge is 0.458 e. The molecule has 0 saturated heterocycles. The maximum Gasteiger partial charge on any atom is 0.331 e. The molecular weight excluding hydrogens is 304 g/mol. The van der Waals surface area contributed by atoms with Crippen molar-refractivity contribution >= 4 is 11.8 Å². The third kappa shape index (κ3) is 4.91. The van der Waals surface area contributed by atoms with Gasteiger partial charge in [-0.3, -0.25) is 4.79 Å². The van der Waals surface area contributed by atoms with Crippen molar-refractivity contribution in [3.8, 4) is 0 Å². The lowest BCUT2D eigenvalue weighted by molar-refractivity contribution is -0.135. The summed E-state index contributed by atoms with van der Waals surface area (Å²) >= 11 is 0. The Morgan fingerprint density at radius 1 is 1.38 bits per heavy atom. The fourth-order valence-electron chi connectivity index (χ4n) is 3.81. The second-order valence-electron chi connectivity index (χ2n) is 7.58. The predicted molar refractivity (Wildman–Crippen MR) is 93.3 cm³/mol. The highest BCUT2D eigenvalue weighted by molar-refractivity contribution is 5.92. The molecule has 4 nitrogen and oxygen atoms in total. The SMILES string of the molecule is CC1=CC(=O)CC(C)(C)[C@@H]1CC/C(=C/CCC1=CC(=O)OC1)CO. The molecule has 0 unspecified atom stereocenters. The summed E-state index contributed by atoms with van der Waals surface area (Å²) in [7, 11) is 0. The molecule has 0 bridgehead atoms. The number of carbonyl (C=O) groups is 2. The Kier molecular flexibility index (Phi) is 6.16. The summed E-state index contributed by atoms with van der Waals surface area (Å²) in [5.41, 5.74) is 3.17. The normalized spacial score (nSPS) is 23.8. The van der Waals surface area contributed by atoms with Crippen molar-refractivity contribution < 1.29 is 19.4 Å². The van der Waals surface area contributed by atoms with Crippen LogP contribution in [-0.2, 0) is 14.3 Å². The first-order chi connectivity index (χ1) is 11.3. The monoisotopic (exact) mass is 332 g/mol. The van der Waals surface area contributed by atoms with Crippen molar-refractivity contribution in [3.63, 3.8) is 0 Å². The Balaban J connectivity index is 1.89. The zero-order valence-electron chi connectivity index (χ0n) is 14.9. The molecule has 2 rings (SSSR count). The predicted octanol–water partition coefficient (Wildman–Crippen LogP) is 3.51. The topological polar surface area (TPSA) is 63.6 Å². The van der Waals surface area contributed by atoms with E-state index in [1.807, 2.05) is 6.92 Å². The molecule has 0 aromatic heterocycles. The number of aliphatic hydroxyl groups is 1. The fourth-order valence-corrected chi connectivity index (χ4v) is 3.81. The van der Waals surface area contributed by atoms with Gasteiger partial charge in [-0.15, -0.1) is 0 Å². The van der Waals surface area contributed by atoms with Gasteiger partial charge in [0.25, 0.3) is 0 Å². The van der Waals surface area contributed by atoms with E-state index in [4.69, 9.17) is 4.74 Å². The van der Waals surface area contributed by atoms with Gasteiger partial charge in [0.05, 0.1) is 6.61 Å². The van der Waals surface area contributed by atoms with E-state index in [-0.39, 0.29) is 23.8 Å². The van der Waals surface area contributed by atoms with Gasteiger partial charge in [-0.1, -0.05) is 25.5 Å².